The molecule has 0 bridgehead atoms. The molecule has 1 fully saturated rings. The summed E-state index contributed by atoms with van der Waals surface area (Å²) in [6.07, 6.45) is 0.887. The zero-order chi connectivity index (χ0) is 11.5. The highest BCUT2D eigenvalue weighted by atomic mass is 32.2. The first kappa shape index (κ1) is 11.7. The minimum absolute atomic E-state index is 0.00644. The number of ether oxygens (including phenoxy) is 1. The summed E-state index contributed by atoms with van der Waals surface area (Å²) in [5.41, 5.74) is 7.91. The van der Waals surface area contributed by atoms with Gasteiger partial charge in [-0.25, -0.2) is 9.97 Å². The average Bonchev–Trinajstić information content (AvgIpc) is 2.33. The fraction of sp³-hybridized carbons (Fsp3) is 0.636. The Kier molecular flexibility index (Phi) is 3.66. The summed E-state index contributed by atoms with van der Waals surface area (Å²) in [6, 6.07) is 0. The van der Waals surface area contributed by atoms with Crippen LogP contribution in [0.2, 0.25) is 0 Å². The third-order valence-corrected chi connectivity index (χ3v) is 3.73. The molecule has 1 aromatic rings. The normalized spacial score (nSPS) is 21.0. The predicted octanol–water partition coefficient (Wildman–Crippen LogP) is 1.73. The fourth-order valence-corrected chi connectivity index (χ4v) is 2.57. The molecule has 4 nitrogen and oxygen atoms in total. The van der Waals surface area contributed by atoms with Gasteiger partial charge in [0.25, 0.3) is 0 Å². The van der Waals surface area contributed by atoms with Crippen LogP contribution < -0.4 is 5.73 Å². The minimum atomic E-state index is 0.00644. The lowest BCUT2D eigenvalue weighted by Gasteiger charge is -2.22. The molecule has 0 saturated carbocycles. The maximum absolute atomic E-state index is 5.89. The Balaban J connectivity index is 2.29. The number of nitrogen functional groups attached to an aromatic ring is 1. The Hall–Kier alpha value is -0.810. The quantitative estimate of drug-likeness (QED) is 0.851. The monoisotopic (exact) mass is 239 g/mol. The van der Waals surface area contributed by atoms with Gasteiger partial charge in [-0.15, -0.1) is 0 Å². The van der Waals surface area contributed by atoms with Crippen LogP contribution in [-0.4, -0.2) is 28.1 Å². The fourth-order valence-electron chi connectivity index (χ4n) is 1.73. The van der Waals surface area contributed by atoms with Crippen LogP contribution in [0.25, 0.3) is 0 Å². The maximum atomic E-state index is 5.89. The molecule has 0 aromatic carbocycles. The van der Waals surface area contributed by atoms with Gasteiger partial charge in [-0.2, -0.15) is 11.8 Å². The van der Waals surface area contributed by atoms with E-state index in [1.165, 1.54) is 0 Å². The van der Waals surface area contributed by atoms with Crippen LogP contribution >= 0.6 is 11.8 Å². The molecule has 1 aliphatic heterocycles. The third-order valence-electron chi connectivity index (χ3n) is 2.74. The van der Waals surface area contributed by atoms with Gasteiger partial charge < -0.3 is 10.5 Å². The molecule has 1 unspecified atom stereocenters. The number of nitrogens with zero attached hydrogens (tertiary/aromatic N) is 2. The zero-order valence-corrected chi connectivity index (χ0v) is 10.5. The van der Waals surface area contributed by atoms with E-state index in [2.05, 4.69) is 16.9 Å². The Bertz CT molecular complexity index is 378. The van der Waals surface area contributed by atoms with Crippen molar-refractivity contribution in [2.75, 3.05) is 23.8 Å². The second-order valence-corrected chi connectivity index (χ2v) is 4.98. The lowest BCUT2D eigenvalue weighted by molar-refractivity contribution is 0.0693. The van der Waals surface area contributed by atoms with Crippen LogP contribution in [0.1, 0.15) is 30.1 Å². The van der Waals surface area contributed by atoms with Crippen molar-refractivity contribution in [2.45, 2.75) is 26.4 Å². The van der Waals surface area contributed by atoms with E-state index in [9.17, 15) is 0 Å². The molecule has 1 aliphatic rings. The van der Waals surface area contributed by atoms with Gasteiger partial charge >= 0.3 is 0 Å². The van der Waals surface area contributed by atoms with E-state index in [0.29, 0.717) is 5.82 Å². The van der Waals surface area contributed by atoms with Gasteiger partial charge in [0.15, 0.2) is 5.82 Å². The van der Waals surface area contributed by atoms with Crippen molar-refractivity contribution in [3.05, 3.63) is 17.1 Å². The first-order chi connectivity index (χ1) is 7.72. The maximum Gasteiger partial charge on any atom is 0.160 e. The third kappa shape index (κ3) is 2.30. The van der Waals surface area contributed by atoms with Gasteiger partial charge in [-0.3, -0.25) is 0 Å². The highest BCUT2D eigenvalue weighted by Crippen LogP contribution is 2.26. The van der Waals surface area contributed by atoms with Crippen molar-refractivity contribution < 1.29 is 4.74 Å². The summed E-state index contributed by atoms with van der Waals surface area (Å²) in [5.74, 6) is 3.30. The zero-order valence-electron chi connectivity index (χ0n) is 9.69. The number of nitrogens with two attached hydrogens (primary N) is 1. The van der Waals surface area contributed by atoms with Gasteiger partial charge in [0, 0.05) is 22.8 Å². The van der Waals surface area contributed by atoms with E-state index in [-0.39, 0.29) is 6.10 Å². The molecule has 1 saturated heterocycles. The summed E-state index contributed by atoms with van der Waals surface area (Å²) in [4.78, 5) is 8.88. The van der Waals surface area contributed by atoms with Gasteiger partial charge in [-0.1, -0.05) is 6.92 Å². The minimum Gasteiger partial charge on any atom is -0.383 e. The molecule has 2 N–H and O–H groups in total. The number of hydrogen-bond acceptors (Lipinski definition) is 5. The summed E-state index contributed by atoms with van der Waals surface area (Å²) < 4.78 is 5.66. The lowest BCUT2D eigenvalue weighted by atomic mass is 10.2. The molecule has 1 aromatic heterocycles. The molecule has 0 aliphatic carbocycles. The number of anilines is 1. The summed E-state index contributed by atoms with van der Waals surface area (Å²) in [5, 5.41) is 0. The van der Waals surface area contributed by atoms with Crippen molar-refractivity contribution in [2.24, 2.45) is 0 Å². The number of aromatic nitrogens is 2. The molecule has 2 rings (SSSR count). The standard InChI is InChI=1S/C11H17N3OS/c1-3-8-7(2)10(12)14-11(13-8)9-6-16-5-4-15-9/h9H,3-6H2,1-2H3,(H2,12,13,14). The van der Waals surface area contributed by atoms with Crippen molar-refractivity contribution in [1.82, 2.24) is 9.97 Å². The number of aryl methyl sites for hydroxylation is 1. The molecule has 88 valence electrons. The van der Waals surface area contributed by atoms with E-state index in [0.717, 1.165) is 41.6 Å². The van der Waals surface area contributed by atoms with Crippen LogP contribution in [0.3, 0.4) is 0 Å². The number of rotatable bonds is 2. The Morgan fingerprint density at radius 1 is 1.50 bits per heavy atom. The van der Waals surface area contributed by atoms with Crippen molar-refractivity contribution >= 4 is 17.6 Å². The SMILES string of the molecule is CCc1nc(C2CSCCO2)nc(N)c1C. The molecule has 2 heterocycles. The van der Waals surface area contributed by atoms with Gasteiger partial charge in [0.05, 0.1) is 6.61 Å². The summed E-state index contributed by atoms with van der Waals surface area (Å²) in [7, 11) is 0. The average molecular weight is 239 g/mol. The van der Waals surface area contributed by atoms with Crippen LogP contribution in [-0.2, 0) is 11.2 Å². The summed E-state index contributed by atoms with van der Waals surface area (Å²) in [6.45, 7) is 4.82. The van der Waals surface area contributed by atoms with E-state index in [1.54, 1.807) is 0 Å². The predicted molar refractivity (Wildman–Crippen MR) is 66.6 cm³/mol. The first-order valence-electron chi connectivity index (χ1n) is 5.54. The van der Waals surface area contributed by atoms with Crippen LogP contribution in [0.5, 0.6) is 0 Å². The molecule has 5 heteroatoms. The summed E-state index contributed by atoms with van der Waals surface area (Å²) >= 11 is 1.88. The van der Waals surface area contributed by atoms with Gasteiger partial charge in [0.2, 0.25) is 0 Å². The first-order valence-corrected chi connectivity index (χ1v) is 6.70. The largest absolute Gasteiger partial charge is 0.383 e. The van der Waals surface area contributed by atoms with Gasteiger partial charge in [0.1, 0.15) is 11.9 Å². The van der Waals surface area contributed by atoms with E-state index < -0.39 is 0 Å². The molecule has 0 radical (unpaired) electrons. The highest BCUT2D eigenvalue weighted by molar-refractivity contribution is 7.99. The van der Waals surface area contributed by atoms with E-state index >= 15 is 0 Å². The molecular weight excluding hydrogens is 222 g/mol. The molecule has 0 amide bonds. The Labute approximate surface area is 100.0 Å². The van der Waals surface area contributed by atoms with Crippen molar-refractivity contribution in [3.63, 3.8) is 0 Å². The Morgan fingerprint density at radius 2 is 2.31 bits per heavy atom. The van der Waals surface area contributed by atoms with Crippen LogP contribution in [0.15, 0.2) is 0 Å². The number of hydrogen-bond donors (Lipinski definition) is 1. The van der Waals surface area contributed by atoms with E-state index in [4.69, 9.17) is 10.5 Å². The highest BCUT2D eigenvalue weighted by Gasteiger charge is 2.20. The second-order valence-electron chi connectivity index (χ2n) is 3.83. The smallest absolute Gasteiger partial charge is 0.160 e. The Morgan fingerprint density at radius 3 is 2.94 bits per heavy atom. The van der Waals surface area contributed by atoms with Gasteiger partial charge in [-0.05, 0) is 13.3 Å². The molecular formula is C11H17N3OS. The molecule has 16 heavy (non-hydrogen) atoms. The van der Waals surface area contributed by atoms with Crippen molar-refractivity contribution in [1.29, 1.82) is 0 Å². The topological polar surface area (TPSA) is 61.0 Å². The van der Waals surface area contributed by atoms with Crippen LogP contribution in [0.4, 0.5) is 5.82 Å². The lowest BCUT2D eigenvalue weighted by Crippen LogP contribution is -2.19. The molecule has 0 spiro atoms. The second kappa shape index (κ2) is 5.01. The molecule has 1 atom stereocenters. The van der Waals surface area contributed by atoms with Crippen LogP contribution in [0, 0.1) is 6.92 Å². The number of thioether (sulfide) groups is 1. The van der Waals surface area contributed by atoms with E-state index in [1.807, 2.05) is 18.7 Å². The van der Waals surface area contributed by atoms with Crippen molar-refractivity contribution in [3.8, 4) is 0 Å².